The van der Waals surface area contributed by atoms with E-state index in [4.69, 9.17) is 0 Å². The van der Waals surface area contributed by atoms with Gasteiger partial charge in [0.05, 0.1) is 11.1 Å². The number of hydrogen-bond acceptors (Lipinski definition) is 3. The van der Waals surface area contributed by atoms with Crippen molar-refractivity contribution in [2.24, 2.45) is 0 Å². The van der Waals surface area contributed by atoms with E-state index < -0.39 is 0 Å². The van der Waals surface area contributed by atoms with E-state index in [9.17, 15) is 4.79 Å². The third-order valence-corrected chi connectivity index (χ3v) is 6.84. The van der Waals surface area contributed by atoms with Crippen molar-refractivity contribution >= 4 is 44.3 Å². The lowest BCUT2D eigenvalue weighted by Gasteiger charge is -2.27. The molecule has 0 spiro atoms. The van der Waals surface area contributed by atoms with Gasteiger partial charge in [0.1, 0.15) is 0 Å². The van der Waals surface area contributed by atoms with Gasteiger partial charge in [-0.2, -0.15) is 0 Å². The highest BCUT2D eigenvalue weighted by atomic mass is 16.1. The van der Waals surface area contributed by atoms with Crippen molar-refractivity contribution in [2.75, 3.05) is 18.5 Å². The Balaban J connectivity index is 1.27. The second kappa shape index (κ2) is 9.18. The van der Waals surface area contributed by atoms with Gasteiger partial charge >= 0.3 is 0 Å². The lowest BCUT2D eigenvalue weighted by atomic mass is 10.1. The Bertz CT molecular complexity index is 1490. The molecule has 5 heteroatoms. The van der Waals surface area contributed by atoms with Crippen molar-refractivity contribution in [1.29, 1.82) is 0 Å². The molecule has 3 aromatic carbocycles. The third-order valence-electron chi connectivity index (χ3n) is 6.84. The van der Waals surface area contributed by atoms with Gasteiger partial charge in [0.2, 0.25) is 0 Å². The minimum absolute atomic E-state index is 0.0816. The first-order chi connectivity index (χ1) is 16.6. The molecule has 0 saturated heterocycles. The van der Waals surface area contributed by atoms with Crippen molar-refractivity contribution in [2.45, 2.75) is 32.9 Å². The maximum absolute atomic E-state index is 12.6. The smallest absolute Gasteiger partial charge is 0.252 e. The third kappa shape index (κ3) is 3.98. The van der Waals surface area contributed by atoms with Gasteiger partial charge in [-0.25, -0.2) is 0 Å². The summed E-state index contributed by atoms with van der Waals surface area (Å²) in [4.78, 5) is 19.3. The summed E-state index contributed by atoms with van der Waals surface area (Å²) in [5.41, 5.74) is 5.22. The monoisotopic (exact) mass is 450 g/mol. The molecule has 5 aromatic rings. The fourth-order valence-electron chi connectivity index (χ4n) is 4.74. The van der Waals surface area contributed by atoms with Crippen molar-refractivity contribution in [3.8, 4) is 0 Å². The minimum Gasteiger partial charge on any atom is -0.372 e. The number of nitrogens with one attached hydrogen (secondary N) is 1. The molecular weight excluding hydrogens is 420 g/mol. The van der Waals surface area contributed by atoms with E-state index in [1.54, 1.807) is 6.20 Å². The molecule has 0 bridgehead atoms. The van der Waals surface area contributed by atoms with Crippen LogP contribution >= 0.6 is 0 Å². The summed E-state index contributed by atoms with van der Waals surface area (Å²) in [7, 11) is 2.12. The molecule has 2 heterocycles. The van der Waals surface area contributed by atoms with Crippen LogP contribution in [-0.2, 0) is 6.54 Å². The van der Waals surface area contributed by atoms with Crippen molar-refractivity contribution in [1.82, 2.24) is 14.9 Å². The van der Waals surface area contributed by atoms with Crippen LogP contribution in [0.2, 0.25) is 0 Å². The van der Waals surface area contributed by atoms with E-state index in [0.717, 1.165) is 23.9 Å². The van der Waals surface area contributed by atoms with Crippen LogP contribution in [0.3, 0.4) is 0 Å². The number of amides is 1. The Morgan fingerprint density at radius 1 is 1.00 bits per heavy atom. The van der Waals surface area contributed by atoms with Gasteiger partial charge in [0, 0.05) is 65.3 Å². The van der Waals surface area contributed by atoms with Crippen LogP contribution in [0.5, 0.6) is 0 Å². The Morgan fingerprint density at radius 3 is 2.62 bits per heavy atom. The van der Waals surface area contributed by atoms with Gasteiger partial charge in [0.15, 0.2) is 0 Å². The molecule has 0 fully saturated rings. The Morgan fingerprint density at radius 2 is 1.76 bits per heavy atom. The zero-order valence-electron chi connectivity index (χ0n) is 20.0. The number of carbonyl (C=O) groups is 1. The molecule has 0 radical (unpaired) electrons. The van der Waals surface area contributed by atoms with Gasteiger partial charge in [-0.05, 0) is 56.7 Å². The van der Waals surface area contributed by atoms with Crippen LogP contribution in [0.15, 0.2) is 79.0 Å². The fraction of sp³-hybridized carbons (Fsp3) is 0.241. The number of benzene rings is 3. The Hall–Kier alpha value is -3.86. The van der Waals surface area contributed by atoms with Crippen LogP contribution in [-0.4, -0.2) is 35.1 Å². The molecule has 2 aromatic heterocycles. The average Bonchev–Trinajstić information content (AvgIpc) is 3.20. The highest BCUT2D eigenvalue weighted by molar-refractivity contribution is 6.09. The molecule has 0 aliphatic carbocycles. The first kappa shape index (κ1) is 22.0. The predicted octanol–water partition coefficient (Wildman–Crippen LogP) is 6.01. The molecule has 0 aliphatic heterocycles. The number of hydrogen-bond donors (Lipinski definition) is 1. The molecule has 0 saturated carbocycles. The lowest BCUT2D eigenvalue weighted by molar-refractivity contribution is 0.0952. The van der Waals surface area contributed by atoms with Crippen LogP contribution in [0.1, 0.15) is 30.6 Å². The molecule has 0 aliphatic rings. The lowest BCUT2D eigenvalue weighted by Crippen LogP contribution is -2.34. The number of rotatable bonds is 7. The van der Waals surface area contributed by atoms with E-state index in [0.29, 0.717) is 12.1 Å². The van der Waals surface area contributed by atoms with Crippen molar-refractivity contribution < 1.29 is 4.79 Å². The molecule has 1 atom stereocenters. The number of fused-ring (bicyclic) bond motifs is 4. The first-order valence-electron chi connectivity index (χ1n) is 11.9. The quantitative estimate of drug-likeness (QED) is 0.330. The predicted molar refractivity (Wildman–Crippen MR) is 142 cm³/mol. The summed E-state index contributed by atoms with van der Waals surface area (Å²) in [6.07, 6.45) is 2.49. The topological polar surface area (TPSA) is 50.2 Å². The molecule has 1 amide bonds. The summed E-state index contributed by atoms with van der Waals surface area (Å²) < 4.78 is 2.37. The van der Waals surface area contributed by atoms with E-state index in [2.05, 4.69) is 83.1 Å². The van der Waals surface area contributed by atoms with Crippen LogP contribution in [0, 0.1) is 0 Å². The number of pyridine rings is 1. The second-order valence-electron chi connectivity index (χ2n) is 8.88. The average molecular weight is 451 g/mol. The molecule has 5 nitrogen and oxygen atoms in total. The number of carbonyl (C=O) groups excluding carboxylic acids is 1. The van der Waals surface area contributed by atoms with Crippen LogP contribution in [0.4, 0.5) is 5.69 Å². The SMILES string of the molecule is CCn1c2ccccc2c2cc(N(C)C(C)CCNC(=O)c3cnc4ccccc4c3)ccc21. The van der Waals surface area contributed by atoms with Gasteiger partial charge in [-0.1, -0.05) is 36.4 Å². The number of para-hydroxylation sites is 2. The van der Waals surface area contributed by atoms with Gasteiger partial charge in [0.25, 0.3) is 5.91 Å². The minimum atomic E-state index is -0.0816. The number of aromatic nitrogens is 2. The normalized spacial score (nSPS) is 12.3. The maximum Gasteiger partial charge on any atom is 0.252 e. The summed E-state index contributed by atoms with van der Waals surface area (Å²) in [5.74, 6) is -0.0816. The maximum atomic E-state index is 12.6. The molecule has 172 valence electrons. The van der Waals surface area contributed by atoms with E-state index in [-0.39, 0.29) is 11.9 Å². The molecule has 34 heavy (non-hydrogen) atoms. The fourth-order valence-corrected chi connectivity index (χ4v) is 4.74. The summed E-state index contributed by atoms with van der Waals surface area (Å²) in [6, 6.07) is 25.3. The standard InChI is InChI=1S/C29H30N4O/c1-4-33-27-12-8-6-10-24(27)25-18-23(13-14-28(25)33)32(3)20(2)15-16-30-29(34)22-17-21-9-5-7-11-26(21)31-19-22/h5-14,17-20H,4,15-16H2,1-3H3,(H,30,34). The highest BCUT2D eigenvalue weighted by Crippen LogP contribution is 2.32. The summed E-state index contributed by atoms with van der Waals surface area (Å²) in [6.45, 7) is 5.94. The zero-order chi connectivity index (χ0) is 23.7. The number of nitrogens with zero attached hydrogens (tertiary/aromatic N) is 3. The van der Waals surface area contributed by atoms with Crippen LogP contribution in [0.25, 0.3) is 32.7 Å². The summed E-state index contributed by atoms with van der Waals surface area (Å²) in [5, 5.41) is 6.61. The zero-order valence-corrected chi connectivity index (χ0v) is 20.0. The molecule has 1 unspecified atom stereocenters. The van der Waals surface area contributed by atoms with E-state index >= 15 is 0 Å². The van der Waals surface area contributed by atoms with Crippen molar-refractivity contribution in [3.63, 3.8) is 0 Å². The summed E-state index contributed by atoms with van der Waals surface area (Å²) >= 11 is 0. The van der Waals surface area contributed by atoms with Gasteiger partial charge in [-0.3, -0.25) is 9.78 Å². The van der Waals surface area contributed by atoms with Crippen LogP contribution < -0.4 is 10.2 Å². The van der Waals surface area contributed by atoms with Gasteiger partial charge in [-0.15, -0.1) is 0 Å². The van der Waals surface area contributed by atoms with Gasteiger partial charge < -0.3 is 14.8 Å². The highest BCUT2D eigenvalue weighted by Gasteiger charge is 2.15. The number of anilines is 1. The number of aryl methyl sites for hydroxylation is 1. The van der Waals surface area contributed by atoms with E-state index in [1.165, 1.54) is 27.5 Å². The second-order valence-corrected chi connectivity index (χ2v) is 8.88. The largest absolute Gasteiger partial charge is 0.372 e. The molecule has 5 rings (SSSR count). The van der Waals surface area contributed by atoms with Crippen molar-refractivity contribution in [3.05, 3.63) is 84.6 Å². The molecular formula is C29H30N4O. The Kier molecular flexibility index (Phi) is 5.93. The molecule has 1 N–H and O–H groups in total. The first-order valence-corrected chi connectivity index (χ1v) is 11.9. The Labute approximate surface area is 200 Å². The van der Waals surface area contributed by atoms with E-state index in [1.807, 2.05) is 30.3 Å².